The summed E-state index contributed by atoms with van der Waals surface area (Å²) in [5.41, 5.74) is 1.38. The molecule has 2 fully saturated rings. The summed E-state index contributed by atoms with van der Waals surface area (Å²) in [4.78, 5) is 24.3. The predicted octanol–water partition coefficient (Wildman–Crippen LogP) is 2.86. The van der Waals surface area contributed by atoms with Gasteiger partial charge in [0.15, 0.2) is 0 Å². The smallest absolute Gasteiger partial charge is 0.251 e. The van der Waals surface area contributed by atoms with E-state index in [2.05, 4.69) is 16.0 Å². The third-order valence-corrected chi connectivity index (χ3v) is 4.73. The van der Waals surface area contributed by atoms with Crippen LogP contribution in [0.2, 0.25) is 0 Å². The molecule has 0 spiro atoms. The Morgan fingerprint density at radius 1 is 0.958 bits per heavy atom. The highest BCUT2D eigenvalue weighted by atomic mass is 35.5. The lowest BCUT2D eigenvalue weighted by atomic mass is 9.95. The summed E-state index contributed by atoms with van der Waals surface area (Å²) in [6.07, 6.45) is 7.75. The van der Waals surface area contributed by atoms with Crippen LogP contribution in [0.15, 0.2) is 24.3 Å². The van der Waals surface area contributed by atoms with Crippen molar-refractivity contribution in [1.29, 1.82) is 0 Å². The van der Waals surface area contributed by atoms with Crippen molar-refractivity contribution in [1.82, 2.24) is 10.6 Å². The zero-order valence-corrected chi connectivity index (χ0v) is 14.7. The number of benzene rings is 1. The van der Waals surface area contributed by atoms with Crippen LogP contribution in [0.3, 0.4) is 0 Å². The Hall–Kier alpha value is -1.59. The number of amides is 2. The van der Waals surface area contributed by atoms with Crippen molar-refractivity contribution in [2.24, 2.45) is 0 Å². The van der Waals surface area contributed by atoms with Crippen LogP contribution in [0.25, 0.3) is 0 Å². The van der Waals surface area contributed by atoms with Crippen molar-refractivity contribution in [2.75, 3.05) is 11.9 Å². The van der Waals surface area contributed by atoms with Gasteiger partial charge in [0.25, 0.3) is 5.91 Å². The molecule has 132 valence electrons. The van der Waals surface area contributed by atoms with Gasteiger partial charge in [-0.05, 0) is 56.5 Å². The molecule has 1 saturated carbocycles. The van der Waals surface area contributed by atoms with E-state index >= 15 is 0 Å². The first-order valence-corrected chi connectivity index (χ1v) is 8.67. The molecule has 1 atom stereocenters. The number of carbonyl (C=O) groups excluding carboxylic acids is 2. The Balaban J connectivity index is 0.00000208. The zero-order chi connectivity index (χ0) is 16.1. The van der Waals surface area contributed by atoms with Gasteiger partial charge in [0.05, 0.1) is 6.04 Å². The lowest BCUT2D eigenvalue weighted by Crippen LogP contribution is -2.36. The first-order chi connectivity index (χ1) is 11.2. The number of nitrogens with one attached hydrogen (secondary N) is 3. The molecule has 3 N–H and O–H groups in total. The van der Waals surface area contributed by atoms with E-state index in [1.54, 1.807) is 24.3 Å². The van der Waals surface area contributed by atoms with Crippen LogP contribution in [0, 0.1) is 0 Å². The number of halogens is 1. The number of rotatable bonds is 4. The molecule has 5 nitrogen and oxygen atoms in total. The van der Waals surface area contributed by atoms with Gasteiger partial charge in [0.1, 0.15) is 0 Å². The van der Waals surface area contributed by atoms with Crippen molar-refractivity contribution < 1.29 is 9.59 Å². The SMILES string of the molecule is Cl.O=C(NC1CCCCC1)c1ccc(NC(=O)C2CCCN2)cc1. The van der Waals surface area contributed by atoms with Crippen LogP contribution < -0.4 is 16.0 Å². The molecule has 0 radical (unpaired) electrons. The van der Waals surface area contributed by atoms with Crippen molar-refractivity contribution in [3.05, 3.63) is 29.8 Å². The molecule has 1 aliphatic heterocycles. The molecule has 0 bridgehead atoms. The van der Waals surface area contributed by atoms with Crippen LogP contribution in [0.5, 0.6) is 0 Å². The highest BCUT2D eigenvalue weighted by Crippen LogP contribution is 2.18. The minimum atomic E-state index is -0.0933. The second kappa shape index (κ2) is 9.04. The maximum atomic E-state index is 12.2. The minimum absolute atomic E-state index is 0. The number of anilines is 1. The molecule has 1 aromatic carbocycles. The van der Waals surface area contributed by atoms with Crippen LogP contribution in [0.1, 0.15) is 55.3 Å². The Labute approximate surface area is 149 Å². The number of carbonyl (C=O) groups is 2. The lowest BCUT2D eigenvalue weighted by molar-refractivity contribution is -0.117. The largest absolute Gasteiger partial charge is 0.349 e. The van der Waals surface area contributed by atoms with Gasteiger partial charge < -0.3 is 16.0 Å². The highest BCUT2D eigenvalue weighted by molar-refractivity contribution is 5.97. The van der Waals surface area contributed by atoms with Crippen molar-refractivity contribution in [2.45, 2.75) is 57.0 Å². The first-order valence-electron chi connectivity index (χ1n) is 8.67. The second-order valence-corrected chi connectivity index (χ2v) is 6.52. The summed E-state index contributed by atoms with van der Waals surface area (Å²) in [5.74, 6) is -0.0193. The third-order valence-electron chi connectivity index (χ3n) is 4.73. The van der Waals surface area contributed by atoms with E-state index in [0.29, 0.717) is 11.6 Å². The van der Waals surface area contributed by atoms with E-state index in [0.717, 1.165) is 37.9 Å². The Morgan fingerprint density at radius 3 is 2.29 bits per heavy atom. The van der Waals surface area contributed by atoms with Gasteiger partial charge in [-0.1, -0.05) is 19.3 Å². The quantitative estimate of drug-likeness (QED) is 0.781. The zero-order valence-electron chi connectivity index (χ0n) is 13.8. The second-order valence-electron chi connectivity index (χ2n) is 6.52. The van der Waals surface area contributed by atoms with Crippen molar-refractivity contribution in [3.63, 3.8) is 0 Å². The molecular formula is C18H26ClN3O2. The molecule has 1 saturated heterocycles. The van der Waals surface area contributed by atoms with E-state index in [4.69, 9.17) is 0 Å². The van der Waals surface area contributed by atoms with Crippen LogP contribution in [-0.4, -0.2) is 30.4 Å². The third kappa shape index (κ3) is 4.95. The molecule has 2 aliphatic rings. The van der Waals surface area contributed by atoms with Crippen LogP contribution in [0.4, 0.5) is 5.69 Å². The van der Waals surface area contributed by atoms with Gasteiger partial charge in [-0.15, -0.1) is 12.4 Å². The minimum Gasteiger partial charge on any atom is -0.349 e. The normalized spacial score (nSPS) is 20.9. The highest BCUT2D eigenvalue weighted by Gasteiger charge is 2.22. The molecule has 1 aromatic rings. The predicted molar refractivity (Wildman–Crippen MR) is 97.7 cm³/mol. The van der Waals surface area contributed by atoms with Gasteiger partial charge in [0, 0.05) is 17.3 Å². The maximum absolute atomic E-state index is 12.2. The fourth-order valence-corrected chi connectivity index (χ4v) is 3.36. The Morgan fingerprint density at radius 2 is 1.67 bits per heavy atom. The van der Waals surface area contributed by atoms with Gasteiger partial charge in [-0.25, -0.2) is 0 Å². The first kappa shape index (κ1) is 18.7. The van der Waals surface area contributed by atoms with Gasteiger partial charge >= 0.3 is 0 Å². The topological polar surface area (TPSA) is 70.2 Å². The molecule has 3 rings (SSSR count). The van der Waals surface area contributed by atoms with Crippen molar-refractivity contribution in [3.8, 4) is 0 Å². The summed E-state index contributed by atoms with van der Waals surface area (Å²) in [6.45, 7) is 0.901. The molecule has 2 amide bonds. The maximum Gasteiger partial charge on any atom is 0.251 e. The Bertz CT molecular complexity index is 550. The molecule has 0 aromatic heterocycles. The monoisotopic (exact) mass is 351 g/mol. The summed E-state index contributed by atoms with van der Waals surface area (Å²) in [6, 6.07) is 7.35. The van der Waals surface area contributed by atoms with E-state index in [1.165, 1.54) is 19.3 Å². The van der Waals surface area contributed by atoms with E-state index in [-0.39, 0.29) is 30.3 Å². The van der Waals surface area contributed by atoms with E-state index in [9.17, 15) is 9.59 Å². The summed E-state index contributed by atoms with van der Waals surface area (Å²) in [5, 5.41) is 9.18. The Kier molecular flexibility index (Phi) is 7.06. The number of hydrogen-bond acceptors (Lipinski definition) is 3. The summed E-state index contributed by atoms with van der Waals surface area (Å²) < 4.78 is 0. The fourth-order valence-electron chi connectivity index (χ4n) is 3.36. The fraction of sp³-hybridized carbons (Fsp3) is 0.556. The molecule has 24 heavy (non-hydrogen) atoms. The van der Waals surface area contributed by atoms with E-state index in [1.807, 2.05) is 0 Å². The average Bonchev–Trinajstić information content (AvgIpc) is 3.11. The number of hydrogen-bond donors (Lipinski definition) is 3. The average molecular weight is 352 g/mol. The van der Waals surface area contributed by atoms with Gasteiger partial charge in [-0.2, -0.15) is 0 Å². The van der Waals surface area contributed by atoms with Crippen LogP contribution in [-0.2, 0) is 4.79 Å². The summed E-state index contributed by atoms with van der Waals surface area (Å²) in [7, 11) is 0. The van der Waals surface area contributed by atoms with Crippen LogP contribution >= 0.6 is 12.4 Å². The molecule has 1 unspecified atom stereocenters. The van der Waals surface area contributed by atoms with Gasteiger partial charge in [-0.3, -0.25) is 9.59 Å². The van der Waals surface area contributed by atoms with Crippen molar-refractivity contribution >= 4 is 29.9 Å². The molecular weight excluding hydrogens is 326 g/mol. The molecule has 1 aliphatic carbocycles. The lowest BCUT2D eigenvalue weighted by Gasteiger charge is -2.22. The van der Waals surface area contributed by atoms with Gasteiger partial charge in [0.2, 0.25) is 5.91 Å². The summed E-state index contributed by atoms with van der Waals surface area (Å²) >= 11 is 0. The standard InChI is InChI=1S/C18H25N3O2.ClH/c22-17(20-14-5-2-1-3-6-14)13-8-10-15(11-9-13)21-18(23)16-7-4-12-19-16;/h8-11,14,16,19H,1-7,12H2,(H,20,22)(H,21,23);1H. The molecule has 6 heteroatoms. The van der Waals surface area contributed by atoms with E-state index < -0.39 is 0 Å². The molecule has 1 heterocycles.